The van der Waals surface area contributed by atoms with Crippen molar-refractivity contribution in [1.29, 1.82) is 0 Å². The van der Waals surface area contributed by atoms with Crippen LogP contribution in [0.5, 0.6) is 0 Å². The van der Waals surface area contributed by atoms with Crippen LogP contribution >= 0.6 is 23.6 Å². The largest absolute Gasteiger partial charge is 0.378 e. The topological polar surface area (TPSA) is 66.8 Å². The predicted octanol–water partition coefficient (Wildman–Crippen LogP) is 2.35. The van der Waals surface area contributed by atoms with Gasteiger partial charge in [-0.3, -0.25) is 14.0 Å². The number of rotatable bonds is 1. The molecule has 8 heteroatoms. The minimum Gasteiger partial charge on any atom is -0.378 e. The summed E-state index contributed by atoms with van der Waals surface area (Å²) in [6.07, 6.45) is 0. The fraction of sp³-hybridized carbons (Fsp3) is 0.312. The maximum absolute atomic E-state index is 12.8. The highest BCUT2D eigenvalue weighted by Crippen LogP contribution is 2.24. The summed E-state index contributed by atoms with van der Waals surface area (Å²) < 4.78 is 7.62. The van der Waals surface area contributed by atoms with Crippen LogP contribution in [0, 0.1) is 10.9 Å². The third kappa shape index (κ3) is 2.38. The Morgan fingerprint density at radius 3 is 2.83 bits per heavy atom. The lowest BCUT2D eigenvalue weighted by atomic mass is 10.1. The number of aryl methyl sites for hydroxylation is 1. The van der Waals surface area contributed by atoms with E-state index in [1.807, 2.05) is 25.1 Å². The molecule has 0 saturated carbocycles. The Morgan fingerprint density at radius 1 is 1.33 bits per heavy atom. The minimum atomic E-state index is -0.211. The lowest BCUT2D eigenvalue weighted by molar-refractivity contribution is 0.0307. The van der Waals surface area contributed by atoms with Crippen molar-refractivity contribution in [2.45, 2.75) is 6.92 Å². The first-order valence-electron chi connectivity index (χ1n) is 7.61. The molecule has 1 aliphatic heterocycles. The lowest BCUT2D eigenvalue weighted by Gasteiger charge is -2.26. The summed E-state index contributed by atoms with van der Waals surface area (Å²) in [6, 6.07) is 5.64. The van der Waals surface area contributed by atoms with Gasteiger partial charge in [0, 0.05) is 13.1 Å². The summed E-state index contributed by atoms with van der Waals surface area (Å²) in [6.45, 7) is 4.09. The molecule has 0 radical (unpaired) electrons. The van der Waals surface area contributed by atoms with Gasteiger partial charge in [0.25, 0.3) is 11.5 Å². The van der Waals surface area contributed by atoms with Gasteiger partial charge in [-0.1, -0.05) is 23.0 Å². The molecule has 3 heterocycles. The van der Waals surface area contributed by atoms with Crippen molar-refractivity contribution in [2.24, 2.45) is 0 Å². The summed E-state index contributed by atoms with van der Waals surface area (Å²) >= 11 is 6.70. The quantitative estimate of drug-likeness (QED) is 0.676. The van der Waals surface area contributed by atoms with E-state index in [1.165, 1.54) is 11.3 Å². The highest BCUT2D eigenvalue weighted by Gasteiger charge is 2.24. The predicted molar refractivity (Wildman–Crippen MR) is 95.7 cm³/mol. The zero-order valence-electron chi connectivity index (χ0n) is 13.0. The molecule has 2 aromatic heterocycles. The van der Waals surface area contributed by atoms with Crippen LogP contribution in [0.4, 0.5) is 0 Å². The van der Waals surface area contributed by atoms with Gasteiger partial charge in [0.05, 0.1) is 24.1 Å². The van der Waals surface area contributed by atoms with Crippen molar-refractivity contribution in [1.82, 2.24) is 14.3 Å². The molecular weight excluding hydrogens is 346 g/mol. The van der Waals surface area contributed by atoms with Gasteiger partial charge in [-0.05, 0) is 31.3 Å². The number of benzene rings is 1. The Hall–Kier alpha value is -2.03. The van der Waals surface area contributed by atoms with Crippen molar-refractivity contribution >= 4 is 46.0 Å². The fourth-order valence-corrected chi connectivity index (χ4v) is 4.31. The van der Waals surface area contributed by atoms with Gasteiger partial charge in [-0.25, -0.2) is 0 Å². The van der Waals surface area contributed by atoms with Gasteiger partial charge in [-0.2, -0.15) is 0 Å². The fourth-order valence-electron chi connectivity index (χ4n) is 2.96. The van der Waals surface area contributed by atoms with Crippen molar-refractivity contribution in [3.05, 3.63) is 42.9 Å². The molecule has 1 N–H and O–H groups in total. The number of thiazole rings is 1. The Labute approximate surface area is 146 Å². The number of H-pyrrole nitrogens is 1. The number of morpholine rings is 1. The Morgan fingerprint density at radius 2 is 2.08 bits per heavy atom. The second-order valence-electron chi connectivity index (χ2n) is 5.76. The molecule has 3 aromatic rings. The van der Waals surface area contributed by atoms with Crippen LogP contribution in [0.3, 0.4) is 0 Å². The highest BCUT2D eigenvalue weighted by molar-refractivity contribution is 7.73. The second kappa shape index (κ2) is 5.80. The Kier molecular flexibility index (Phi) is 3.75. The summed E-state index contributed by atoms with van der Waals surface area (Å²) in [5.74, 6) is -0.112. The Balaban J connectivity index is 1.97. The number of nitrogens with one attached hydrogen (secondary N) is 1. The summed E-state index contributed by atoms with van der Waals surface area (Å²) in [5.41, 5.74) is 1.99. The molecule has 0 unspecified atom stereocenters. The van der Waals surface area contributed by atoms with Crippen LogP contribution in [0.1, 0.15) is 15.2 Å². The lowest BCUT2D eigenvalue weighted by Crippen LogP contribution is -2.40. The molecule has 1 aromatic carbocycles. The average molecular weight is 361 g/mol. The maximum Gasteiger partial charge on any atom is 0.267 e. The van der Waals surface area contributed by atoms with E-state index < -0.39 is 0 Å². The van der Waals surface area contributed by atoms with E-state index in [-0.39, 0.29) is 11.5 Å². The number of fused-ring (bicyclic) bond motifs is 3. The highest BCUT2D eigenvalue weighted by atomic mass is 32.1. The molecule has 1 saturated heterocycles. The van der Waals surface area contributed by atoms with E-state index in [9.17, 15) is 9.59 Å². The summed E-state index contributed by atoms with van der Waals surface area (Å²) in [5, 5.41) is 0.571. The van der Waals surface area contributed by atoms with Gasteiger partial charge in [0.1, 0.15) is 10.5 Å². The van der Waals surface area contributed by atoms with Crippen LogP contribution in [0.2, 0.25) is 0 Å². The molecule has 6 nitrogen and oxygen atoms in total. The van der Waals surface area contributed by atoms with Crippen LogP contribution < -0.4 is 5.56 Å². The SMILES string of the molecule is Cc1ccc2c(c1)c(=O)[nH]c1c(C(=O)N3CCOCC3)sc(=S)n12. The number of hydrogen-bond donors (Lipinski definition) is 1. The molecule has 1 aliphatic rings. The van der Waals surface area contributed by atoms with Crippen molar-refractivity contribution in [3.63, 3.8) is 0 Å². The molecule has 1 fully saturated rings. The third-order valence-corrected chi connectivity index (χ3v) is 5.53. The first-order chi connectivity index (χ1) is 11.6. The molecule has 0 bridgehead atoms. The zero-order chi connectivity index (χ0) is 16.8. The number of aromatic amines is 1. The number of aromatic nitrogens is 2. The molecule has 0 aliphatic carbocycles. The first-order valence-corrected chi connectivity index (χ1v) is 8.84. The second-order valence-corrected chi connectivity index (χ2v) is 7.40. The number of hydrogen-bond acceptors (Lipinski definition) is 5. The van der Waals surface area contributed by atoms with Gasteiger partial charge in [-0.15, -0.1) is 0 Å². The van der Waals surface area contributed by atoms with E-state index in [0.29, 0.717) is 46.2 Å². The number of carbonyl (C=O) groups is 1. The standard InChI is InChI=1S/C16H15N3O3S2/c1-9-2-3-11-10(8-9)14(20)17-13-12(24-16(23)19(11)13)15(21)18-4-6-22-7-5-18/h2-3,8H,4-7H2,1H3,(H,17,20). The zero-order valence-corrected chi connectivity index (χ0v) is 14.6. The first kappa shape index (κ1) is 15.5. The number of ether oxygens (including phenoxy) is 1. The van der Waals surface area contributed by atoms with Crippen molar-refractivity contribution in [2.75, 3.05) is 26.3 Å². The van der Waals surface area contributed by atoms with E-state index in [2.05, 4.69) is 4.98 Å². The summed E-state index contributed by atoms with van der Waals surface area (Å²) in [4.78, 5) is 30.3. The van der Waals surface area contributed by atoms with E-state index >= 15 is 0 Å². The number of carbonyl (C=O) groups excluding carboxylic acids is 1. The van der Waals surface area contributed by atoms with Crippen LogP contribution in [-0.4, -0.2) is 46.5 Å². The van der Waals surface area contributed by atoms with E-state index in [0.717, 1.165) is 11.1 Å². The van der Waals surface area contributed by atoms with E-state index in [1.54, 1.807) is 9.30 Å². The van der Waals surface area contributed by atoms with Crippen LogP contribution in [0.25, 0.3) is 16.6 Å². The molecule has 1 amide bonds. The van der Waals surface area contributed by atoms with Gasteiger partial charge < -0.3 is 14.6 Å². The molecular formula is C16H15N3O3S2. The third-order valence-electron chi connectivity index (χ3n) is 4.17. The molecule has 124 valence electrons. The smallest absolute Gasteiger partial charge is 0.267 e. The Bertz CT molecular complexity index is 1070. The minimum absolute atomic E-state index is 0.112. The molecule has 0 atom stereocenters. The van der Waals surface area contributed by atoms with E-state index in [4.69, 9.17) is 17.0 Å². The monoisotopic (exact) mass is 361 g/mol. The number of amides is 1. The molecule has 0 spiro atoms. The van der Waals surface area contributed by atoms with Crippen molar-refractivity contribution < 1.29 is 9.53 Å². The van der Waals surface area contributed by atoms with Gasteiger partial charge >= 0.3 is 0 Å². The van der Waals surface area contributed by atoms with Gasteiger partial charge in [0.2, 0.25) is 0 Å². The molecule has 4 rings (SSSR count). The van der Waals surface area contributed by atoms with Crippen LogP contribution in [0.15, 0.2) is 23.0 Å². The van der Waals surface area contributed by atoms with Crippen LogP contribution in [-0.2, 0) is 4.74 Å². The van der Waals surface area contributed by atoms with Crippen molar-refractivity contribution in [3.8, 4) is 0 Å². The van der Waals surface area contributed by atoms with Gasteiger partial charge in [0.15, 0.2) is 3.95 Å². The maximum atomic E-state index is 12.8. The number of nitrogens with zero attached hydrogens (tertiary/aromatic N) is 2. The molecule has 24 heavy (non-hydrogen) atoms. The average Bonchev–Trinajstić information content (AvgIpc) is 2.92. The normalized spacial score (nSPS) is 15.3. The summed E-state index contributed by atoms with van der Waals surface area (Å²) in [7, 11) is 0.